The lowest BCUT2D eigenvalue weighted by atomic mass is 10.5. The van der Waals surface area contributed by atoms with Gasteiger partial charge in [-0.15, -0.1) is 0 Å². The van der Waals surface area contributed by atoms with Gasteiger partial charge in [0, 0.05) is 0 Å². The van der Waals surface area contributed by atoms with Crippen LogP contribution >= 0.6 is 0 Å². The lowest BCUT2D eigenvalue weighted by Gasteiger charge is -2.13. The third kappa shape index (κ3) is 0.992. The van der Waals surface area contributed by atoms with Crippen molar-refractivity contribution in [1.29, 1.82) is 0 Å². The van der Waals surface area contributed by atoms with E-state index in [2.05, 4.69) is 11.3 Å². The van der Waals surface area contributed by atoms with E-state index < -0.39 is 0 Å². The van der Waals surface area contributed by atoms with Gasteiger partial charge in [-0.25, -0.2) is 4.79 Å². The molecular weight excluding hydrogens is 108 g/mol. The SMILES string of the molecule is C=C1COC(=O)CO1. The highest BCUT2D eigenvalue weighted by atomic mass is 16.6. The maximum absolute atomic E-state index is 10.2. The van der Waals surface area contributed by atoms with Crippen molar-refractivity contribution < 1.29 is 14.3 Å². The first kappa shape index (κ1) is 5.15. The zero-order valence-electron chi connectivity index (χ0n) is 4.35. The third-order valence-electron chi connectivity index (χ3n) is 0.788. The summed E-state index contributed by atoms with van der Waals surface area (Å²) in [7, 11) is 0. The standard InChI is InChI=1S/C5H6O3/c1-4-2-8-5(6)3-7-4/h1-3H2. The highest BCUT2D eigenvalue weighted by Crippen LogP contribution is 2.00. The molecule has 0 radical (unpaired) electrons. The van der Waals surface area contributed by atoms with Crippen LogP contribution in [0.2, 0.25) is 0 Å². The molecule has 0 amide bonds. The quantitative estimate of drug-likeness (QED) is 0.418. The van der Waals surface area contributed by atoms with Gasteiger partial charge in [0.25, 0.3) is 0 Å². The first-order valence-electron chi connectivity index (χ1n) is 2.25. The Balaban J connectivity index is 2.40. The van der Waals surface area contributed by atoms with Gasteiger partial charge in [0.1, 0.15) is 12.4 Å². The molecule has 1 aliphatic rings. The first-order valence-corrected chi connectivity index (χ1v) is 2.25. The predicted octanol–water partition coefficient (Wildman–Crippen LogP) is 0.0735. The largest absolute Gasteiger partial charge is 0.483 e. The smallest absolute Gasteiger partial charge is 0.344 e. The third-order valence-corrected chi connectivity index (χ3v) is 0.788. The average Bonchev–Trinajstić information content (AvgIpc) is 1.77. The lowest BCUT2D eigenvalue weighted by Crippen LogP contribution is -2.20. The summed E-state index contributed by atoms with van der Waals surface area (Å²) in [5.41, 5.74) is 0. The molecule has 0 saturated carbocycles. The Hall–Kier alpha value is -0.990. The van der Waals surface area contributed by atoms with Gasteiger partial charge >= 0.3 is 5.97 Å². The number of esters is 1. The van der Waals surface area contributed by atoms with E-state index >= 15 is 0 Å². The number of hydrogen-bond donors (Lipinski definition) is 0. The minimum absolute atomic E-state index is 0.0127. The Morgan fingerprint density at radius 3 is 2.50 bits per heavy atom. The van der Waals surface area contributed by atoms with Crippen LogP contribution in [0.15, 0.2) is 12.3 Å². The summed E-state index contributed by atoms with van der Waals surface area (Å²) in [5, 5.41) is 0. The van der Waals surface area contributed by atoms with Gasteiger partial charge in [-0.1, -0.05) is 6.58 Å². The summed E-state index contributed by atoms with van der Waals surface area (Å²) < 4.78 is 9.25. The fourth-order valence-corrected chi connectivity index (χ4v) is 0.405. The van der Waals surface area contributed by atoms with Crippen LogP contribution < -0.4 is 0 Å². The van der Waals surface area contributed by atoms with E-state index in [0.29, 0.717) is 5.76 Å². The first-order chi connectivity index (χ1) is 3.79. The number of carbonyl (C=O) groups is 1. The summed E-state index contributed by atoms with van der Waals surface area (Å²) in [6.45, 7) is 3.67. The average molecular weight is 114 g/mol. The van der Waals surface area contributed by atoms with Crippen LogP contribution in [0.25, 0.3) is 0 Å². The van der Waals surface area contributed by atoms with E-state index in [-0.39, 0.29) is 19.2 Å². The van der Waals surface area contributed by atoms with E-state index in [1.807, 2.05) is 0 Å². The van der Waals surface area contributed by atoms with Gasteiger partial charge in [-0.3, -0.25) is 0 Å². The van der Waals surface area contributed by atoms with Crippen molar-refractivity contribution in [3.8, 4) is 0 Å². The minimum atomic E-state index is -0.322. The molecule has 1 aliphatic heterocycles. The van der Waals surface area contributed by atoms with Gasteiger partial charge in [0.05, 0.1) is 0 Å². The van der Waals surface area contributed by atoms with E-state index in [9.17, 15) is 4.79 Å². The van der Waals surface area contributed by atoms with Gasteiger partial charge in [0.15, 0.2) is 6.61 Å². The molecule has 0 unspecified atom stereocenters. The van der Waals surface area contributed by atoms with E-state index in [1.165, 1.54) is 0 Å². The maximum Gasteiger partial charge on any atom is 0.344 e. The molecule has 8 heavy (non-hydrogen) atoms. The number of ether oxygens (including phenoxy) is 2. The molecule has 0 aliphatic carbocycles. The fraction of sp³-hybridized carbons (Fsp3) is 0.400. The molecule has 0 aromatic rings. The van der Waals surface area contributed by atoms with Crippen molar-refractivity contribution in [3.05, 3.63) is 12.3 Å². The molecule has 1 heterocycles. The van der Waals surface area contributed by atoms with Gasteiger partial charge in [-0.2, -0.15) is 0 Å². The Bertz CT molecular complexity index is 99.6. The van der Waals surface area contributed by atoms with Crippen molar-refractivity contribution in [2.24, 2.45) is 0 Å². The molecular formula is C5H6O3. The molecule has 0 bridgehead atoms. The topological polar surface area (TPSA) is 35.5 Å². The summed E-state index contributed by atoms with van der Waals surface area (Å²) in [6.07, 6.45) is 0. The number of rotatable bonds is 0. The predicted molar refractivity (Wildman–Crippen MR) is 26.1 cm³/mol. The highest BCUT2D eigenvalue weighted by molar-refractivity contribution is 5.71. The van der Waals surface area contributed by atoms with Crippen LogP contribution in [0.4, 0.5) is 0 Å². The van der Waals surface area contributed by atoms with Crippen LogP contribution in [0.5, 0.6) is 0 Å². The van der Waals surface area contributed by atoms with Crippen LogP contribution in [-0.4, -0.2) is 19.2 Å². The second-order valence-corrected chi connectivity index (χ2v) is 1.49. The molecule has 0 aromatic heterocycles. The van der Waals surface area contributed by atoms with E-state index in [1.54, 1.807) is 0 Å². The molecule has 0 aromatic carbocycles. The van der Waals surface area contributed by atoms with Crippen molar-refractivity contribution >= 4 is 5.97 Å². The van der Waals surface area contributed by atoms with E-state index in [4.69, 9.17) is 4.74 Å². The number of cyclic esters (lactones) is 1. The minimum Gasteiger partial charge on any atom is -0.483 e. The van der Waals surface area contributed by atoms with Crippen LogP contribution in [0.3, 0.4) is 0 Å². The van der Waals surface area contributed by atoms with Crippen molar-refractivity contribution in [1.82, 2.24) is 0 Å². The molecule has 0 spiro atoms. The summed E-state index contributed by atoms with van der Waals surface area (Å²) in [6, 6.07) is 0. The molecule has 1 fully saturated rings. The molecule has 1 rings (SSSR count). The Labute approximate surface area is 46.9 Å². The second kappa shape index (κ2) is 1.86. The number of hydrogen-bond acceptors (Lipinski definition) is 3. The molecule has 3 heteroatoms. The molecule has 44 valence electrons. The van der Waals surface area contributed by atoms with Crippen LogP contribution in [0, 0.1) is 0 Å². The summed E-state index contributed by atoms with van der Waals surface area (Å²) >= 11 is 0. The highest BCUT2D eigenvalue weighted by Gasteiger charge is 2.11. The zero-order chi connectivity index (χ0) is 5.98. The molecule has 1 saturated heterocycles. The van der Waals surface area contributed by atoms with E-state index in [0.717, 1.165) is 0 Å². The van der Waals surface area contributed by atoms with Crippen LogP contribution in [0.1, 0.15) is 0 Å². The van der Waals surface area contributed by atoms with Crippen molar-refractivity contribution in [3.63, 3.8) is 0 Å². The Kier molecular flexibility index (Phi) is 1.20. The van der Waals surface area contributed by atoms with Gasteiger partial charge < -0.3 is 9.47 Å². The Morgan fingerprint density at radius 2 is 2.12 bits per heavy atom. The molecule has 0 N–H and O–H groups in total. The lowest BCUT2D eigenvalue weighted by molar-refractivity contribution is -0.153. The van der Waals surface area contributed by atoms with Gasteiger partial charge in [0.2, 0.25) is 0 Å². The zero-order valence-corrected chi connectivity index (χ0v) is 4.35. The van der Waals surface area contributed by atoms with Crippen LogP contribution in [-0.2, 0) is 14.3 Å². The second-order valence-electron chi connectivity index (χ2n) is 1.49. The van der Waals surface area contributed by atoms with Gasteiger partial charge in [-0.05, 0) is 0 Å². The summed E-state index contributed by atoms with van der Waals surface area (Å²) in [5.74, 6) is 0.196. The monoisotopic (exact) mass is 114 g/mol. The number of carbonyl (C=O) groups excluding carboxylic acids is 1. The van der Waals surface area contributed by atoms with Crippen molar-refractivity contribution in [2.75, 3.05) is 13.2 Å². The summed E-state index contributed by atoms with van der Waals surface area (Å²) in [4.78, 5) is 10.2. The van der Waals surface area contributed by atoms with Crippen molar-refractivity contribution in [2.45, 2.75) is 0 Å². The molecule has 0 atom stereocenters. The normalized spacial score (nSPS) is 19.5. The maximum atomic E-state index is 10.2. The Morgan fingerprint density at radius 1 is 1.38 bits per heavy atom. The fourth-order valence-electron chi connectivity index (χ4n) is 0.405. The molecule has 3 nitrogen and oxygen atoms in total.